The molecule has 3 aromatic rings. The third-order valence-corrected chi connectivity index (χ3v) is 3.58. The number of hydrogen-bond acceptors (Lipinski definition) is 4. The zero-order valence-electron chi connectivity index (χ0n) is 13.1. The second kappa shape index (κ2) is 7.11. The van der Waals surface area contributed by atoms with Gasteiger partial charge in [0.1, 0.15) is 18.1 Å². The SMILES string of the molecule is Cc1cnc(C(N)Cc2ccc(OCc3ccccc3)cc2)o1. The van der Waals surface area contributed by atoms with Crippen molar-refractivity contribution in [3.05, 3.63) is 83.6 Å². The van der Waals surface area contributed by atoms with E-state index in [-0.39, 0.29) is 6.04 Å². The van der Waals surface area contributed by atoms with Crippen LogP contribution in [0, 0.1) is 6.92 Å². The third kappa shape index (κ3) is 4.20. The van der Waals surface area contributed by atoms with Gasteiger partial charge in [-0.05, 0) is 36.6 Å². The van der Waals surface area contributed by atoms with Crippen molar-refractivity contribution in [2.24, 2.45) is 5.73 Å². The van der Waals surface area contributed by atoms with Crippen LogP contribution in [-0.4, -0.2) is 4.98 Å². The van der Waals surface area contributed by atoms with Gasteiger partial charge in [0.05, 0.1) is 12.2 Å². The van der Waals surface area contributed by atoms with Crippen molar-refractivity contribution in [1.29, 1.82) is 0 Å². The van der Waals surface area contributed by atoms with Gasteiger partial charge in [-0.15, -0.1) is 0 Å². The summed E-state index contributed by atoms with van der Waals surface area (Å²) in [5, 5.41) is 0. The highest BCUT2D eigenvalue weighted by molar-refractivity contribution is 5.28. The Labute approximate surface area is 135 Å². The van der Waals surface area contributed by atoms with Crippen LogP contribution in [0.4, 0.5) is 0 Å². The van der Waals surface area contributed by atoms with Crippen molar-refractivity contribution in [2.45, 2.75) is 26.0 Å². The second-order valence-electron chi connectivity index (χ2n) is 5.54. The molecule has 0 radical (unpaired) electrons. The number of ether oxygens (including phenoxy) is 1. The summed E-state index contributed by atoms with van der Waals surface area (Å²) < 4.78 is 11.2. The monoisotopic (exact) mass is 308 g/mol. The number of nitrogens with two attached hydrogens (primary N) is 1. The maximum Gasteiger partial charge on any atom is 0.211 e. The van der Waals surface area contributed by atoms with Crippen LogP contribution >= 0.6 is 0 Å². The van der Waals surface area contributed by atoms with E-state index in [4.69, 9.17) is 14.9 Å². The van der Waals surface area contributed by atoms with Gasteiger partial charge in [0.2, 0.25) is 5.89 Å². The summed E-state index contributed by atoms with van der Waals surface area (Å²) >= 11 is 0. The highest BCUT2D eigenvalue weighted by Crippen LogP contribution is 2.19. The Morgan fingerprint density at radius 3 is 2.43 bits per heavy atom. The molecule has 0 aliphatic carbocycles. The Bertz CT molecular complexity index is 736. The second-order valence-corrected chi connectivity index (χ2v) is 5.54. The molecule has 0 spiro atoms. The van der Waals surface area contributed by atoms with Crippen molar-refractivity contribution in [3.63, 3.8) is 0 Å². The van der Waals surface area contributed by atoms with Crippen molar-refractivity contribution in [3.8, 4) is 5.75 Å². The van der Waals surface area contributed by atoms with Crippen LogP contribution in [0.15, 0.2) is 65.2 Å². The topological polar surface area (TPSA) is 61.3 Å². The van der Waals surface area contributed by atoms with Crippen LogP contribution in [0.2, 0.25) is 0 Å². The summed E-state index contributed by atoms with van der Waals surface area (Å²) in [7, 11) is 0. The minimum Gasteiger partial charge on any atom is -0.489 e. The quantitative estimate of drug-likeness (QED) is 0.752. The number of rotatable bonds is 6. The summed E-state index contributed by atoms with van der Waals surface area (Å²) in [5.74, 6) is 2.20. The lowest BCUT2D eigenvalue weighted by Crippen LogP contribution is -2.13. The molecule has 0 fully saturated rings. The Morgan fingerprint density at radius 1 is 1.04 bits per heavy atom. The van der Waals surface area contributed by atoms with E-state index < -0.39 is 0 Å². The normalized spacial score (nSPS) is 12.1. The average Bonchev–Trinajstić information content (AvgIpc) is 3.02. The fourth-order valence-electron chi connectivity index (χ4n) is 2.35. The van der Waals surface area contributed by atoms with E-state index in [1.807, 2.05) is 61.5 Å². The van der Waals surface area contributed by atoms with Crippen LogP contribution < -0.4 is 10.5 Å². The van der Waals surface area contributed by atoms with Crippen LogP contribution in [0.25, 0.3) is 0 Å². The first kappa shape index (κ1) is 15.3. The van der Waals surface area contributed by atoms with E-state index in [9.17, 15) is 0 Å². The standard InChI is InChI=1S/C19H20N2O2/c1-14-12-21-19(23-14)18(20)11-15-7-9-17(10-8-15)22-13-16-5-3-2-4-6-16/h2-10,12,18H,11,13,20H2,1H3. The molecule has 23 heavy (non-hydrogen) atoms. The molecule has 4 heteroatoms. The Balaban J connectivity index is 1.56. The smallest absolute Gasteiger partial charge is 0.211 e. The first-order chi connectivity index (χ1) is 11.2. The number of hydrogen-bond donors (Lipinski definition) is 1. The van der Waals surface area contributed by atoms with Gasteiger partial charge in [-0.1, -0.05) is 42.5 Å². The lowest BCUT2D eigenvalue weighted by atomic mass is 10.1. The first-order valence-electron chi connectivity index (χ1n) is 7.64. The number of aromatic nitrogens is 1. The van der Waals surface area contributed by atoms with Crippen LogP contribution in [0.3, 0.4) is 0 Å². The van der Waals surface area contributed by atoms with Crippen LogP contribution in [0.5, 0.6) is 5.75 Å². The van der Waals surface area contributed by atoms with E-state index in [1.54, 1.807) is 6.20 Å². The average molecular weight is 308 g/mol. The summed E-state index contributed by atoms with van der Waals surface area (Å²) in [6.45, 7) is 2.43. The predicted octanol–water partition coefficient (Wildman–Crippen LogP) is 3.80. The lowest BCUT2D eigenvalue weighted by Gasteiger charge is -2.10. The Morgan fingerprint density at radius 2 is 1.78 bits per heavy atom. The fourth-order valence-corrected chi connectivity index (χ4v) is 2.35. The molecule has 1 aromatic heterocycles. The van der Waals surface area contributed by atoms with E-state index in [2.05, 4.69) is 4.98 Å². The highest BCUT2D eigenvalue weighted by Gasteiger charge is 2.12. The molecule has 0 saturated carbocycles. The van der Waals surface area contributed by atoms with Gasteiger partial charge in [-0.25, -0.2) is 4.98 Å². The van der Waals surface area contributed by atoms with E-state index in [1.165, 1.54) is 0 Å². The molecule has 3 rings (SSSR count). The van der Waals surface area contributed by atoms with Crippen LogP contribution in [-0.2, 0) is 13.0 Å². The zero-order chi connectivity index (χ0) is 16.1. The molecule has 2 aromatic carbocycles. The van der Waals surface area contributed by atoms with E-state index >= 15 is 0 Å². The van der Waals surface area contributed by atoms with E-state index in [0.29, 0.717) is 18.9 Å². The minimum absolute atomic E-state index is 0.236. The molecular formula is C19H20N2O2. The van der Waals surface area contributed by atoms with Crippen molar-refractivity contribution < 1.29 is 9.15 Å². The molecule has 1 heterocycles. The van der Waals surface area contributed by atoms with E-state index in [0.717, 1.165) is 22.6 Å². The maximum atomic E-state index is 6.13. The molecule has 1 unspecified atom stereocenters. The van der Waals surface area contributed by atoms with Gasteiger partial charge >= 0.3 is 0 Å². The maximum absolute atomic E-state index is 6.13. The van der Waals surface area contributed by atoms with Gasteiger partial charge in [0, 0.05) is 0 Å². The molecule has 4 nitrogen and oxygen atoms in total. The molecular weight excluding hydrogens is 288 g/mol. The molecule has 0 aliphatic rings. The lowest BCUT2D eigenvalue weighted by molar-refractivity contribution is 0.306. The Kier molecular flexibility index (Phi) is 4.74. The first-order valence-corrected chi connectivity index (χ1v) is 7.64. The zero-order valence-corrected chi connectivity index (χ0v) is 13.1. The Hall–Kier alpha value is -2.59. The van der Waals surface area contributed by atoms with Crippen molar-refractivity contribution in [2.75, 3.05) is 0 Å². The third-order valence-electron chi connectivity index (χ3n) is 3.58. The molecule has 0 saturated heterocycles. The minimum atomic E-state index is -0.236. The molecule has 0 amide bonds. The van der Waals surface area contributed by atoms with Gasteiger partial charge in [-0.3, -0.25) is 0 Å². The number of aryl methyl sites for hydroxylation is 1. The van der Waals surface area contributed by atoms with Crippen molar-refractivity contribution >= 4 is 0 Å². The number of benzene rings is 2. The molecule has 0 bridgehead atoms. The molecule has 1 atom stereocenters. The van der Waals surface area contributed by atoms with Crippen LogP contribution in [0.1, 0.15) is 28.8 Å². The highest BCUT2D eigenvalue weighted by atomic mass is 16.5. The summed E-state index contributed by atoms with van der Waals surface area (Å²) in [6, 6.07) is 17.8. The van der Waals surface area contributed by atoms with Crippen molar-refractivity contribution in [1.82, 2.24) is 4.98 Å². The largest absolute Gasteiger partial charge is 0.489 e. The molecule has 0 aliphatic heterocycles. The summed E-state index contributed by atoms with van der Waals surface area (Å²) in [6.07, 6.45) is 2.37. The molecule has 118 valence electrons. The van der Waals surface area contributed by atoms with Gasteiger partial charge in [0.25, 0.3) is 0 Å². The van der Waals surface area contributed by atoms with Gasteiger partial charge in [0.15, 0.2) is 0 Å². The fraction of sp³-hybridized carbons (Fsp3) is 0.211. The summed E-state index contributed by atoms with van der Waals surface area (Å²) in [5.41, 5.74) is 8.40. The summed E-state index contributed by atoms with van der Waals surface area (Å²) in [4.78, 5) is 4.18. The predicted molar refractivity (Wildman–Crippen MR) is 89.1 cm³/mol. The van der Waals surface area contributed by atoms with Gasteiger partial charge in [-0.2, -0.15) is 0 Å². The van der Waals surface area contributed by atoms with Gasteiger partial charge < -0.3 is 14.9 Å². The number of oxazole rings is 1. The number of nitrogens with zero attached hydrogens (tertiary/aromatic N) is 1. The molecule has 2 N–H and O–H groups in total.